The normalized spacial score (nSPS) is 15.5. The number of alkyl halides is 3. The first-order valence-corrected chi connectivity index (χ1v) is 10.7. The molecule has 2 aromatic heterocycles. The smallest absolute Gasteiger partial charge is 0.416 e. The van der Waals surface area contributed by atoms with Gasteiger partial charge in [0.15, 0.2) is 0 Å². The van der Waals surface area contributed by atoms with E-state index in [0.29, 0.717) is 22.7 Å². The second-order valence-electron chi connectivity index (χ2n) is 8.02. The number of hydrogen-bond acceptors (Lipinski definition) is 6. The molecule has 35 heavy (non-hydrogen) atoms. The van der Waals surface area contributed by atoms with Gasteiger partial charge in [0.05, 0.1) is 30.3 Å². The van der Waals surface area contributed by atoms with Crippen molar-refractivity contribution in [1.82, 2.24) is 25.0 Å². The number of anilines is 1. The minimum absolute atomic E-state index is 0.0183. The van der Waals surface area contributed by atoms with Gasteiger partial charge in [-0.05, 0) is 42.8 Å². The van der Waals surface area contributed by atoms with Crippen LogP contribution >= 0.6 is 0 Å². The summed E-state index contributed by atoms with van der Waals surface area (Å²) >= 11 is 0. The van der Waals surface area contributed by atoms with E-state index in [9.17, 15) is 18.0 Å². The Morgan fingerprint density at radius 1 is 1.11 bits per heavy atom. The zero-order chi connectivity index (χ0) is 24.7. The first-order valence-electron chi connectivity index (χ1n) is 10.7. The summed E-state index contributed by atoms with van der Waals surface area (Å²) in [5.74, 6) is -0.272. The van der Waals surface area contributed by atoms with Gasteiger partial charge in [0, 0.05) is 23.5 Å². The minimum atomic E-state index is -4.56. The van der Waals surface area contributed by atoms with Crippen LogP contribution in [-0.4, -0.2) is 38.0 Å². The van der Waals surface area contributed by atoms with Crippen LogP contribution in [0, 0.1) is 6.92 Å². The number of hydrogen-bond donors (Lipinski definition) is 1. The third kappa shape index (κ3) is 4.09. The molecule has 3 heterocycles. The number of nitrogens with one attached hydrogen (secondary N) is 1. The fraction of sp³-hybridized carbons (Fsp3) is 0.208. The zero-order valence-corrected chi connectivity index (χ0v) is 18.7. The molecular weight excluding hydrogens is 461 g/mol. The molecule has 1 atom stereocenters. The van der Waals surface area contributed by atoms with Gasteiger partial charge in [0.2, 0.25) is 5.91 Å². The van der Waals surface area contributed by atoms with Crippen molar-refractivity contribution in [3.63, 3.8) is 0 Å². The van der Waals surface area contributed by atoms with Crippen LogP contribution < -0.4 is 10.1 Å². The number of fused-ring (bicyclic) bond motifs is 1. The van der Waals surface area contributed by atoms with Crippen molar-refractivity contribution in [3.8, 4) is 23.0 Å². The Balaban J connectivity index is 1.61. The number of benzene rings is 2. The van der Waals surface area contributed by atoms with Crippen LogP contribution in [0.2, 0.25) is 0 Å². The van der Waals surface area contributed by atoms with Gasteiger partial charge < -0.3 is 10.1 Å². The van der Waals surface area contributed by atoms with Crippen molar-refractivity contribution in [2.24, 2.45) is 0 Å². The summed E-state index contributed by atoms with van der Waals surface area (Å²) in [4.78, 5) is 17.1. The van der Waals surface area contributed by atoms with Crippen molar-refractivity contribution in [2.75, 3.05) is 12.4 Å². The molecule has 0 radical (unpaired) electrons. The standard InChI is InChI=1S/C24H19F3N6O2/c1-13-21-17(16-5-3-4-6-18(16)24(25,26)27)11-20(34)30-22(21)33(32-13)23-29-19(12-28-31-23)14-7-9-15(35-2)10-8-14/h3-10,12,17H,11H2,1-2H3,(H,30,34)/t17-/m0/s1. The number of halogens is 3. The van der Waals surface area contributed by atoms with E-state index in [1.54, 1.807) is 26.2 Å². The highest BCUT2D eigenvalue weighted by molar-refractivity contribution is 5.95. The van der Waals surface area contributed by atoms with Crippen LogP contribution in [0.25, 0.3) is 17.2 Å². The maximum Gasteiger partial charge on any atom is 0.416 e. The van der Waals surface area contributed by atoms with Gasteiger partial charge in [-0.15, -0.1) is 5.10 Å². The highest BCUT2D eigenvalue weighted by atomic mass is 19.4. The SMILES string of the molecule is COc1ccc(-c2cnnc(-n3nc(C)c4c3NC(=O)C[C@H]4c3ccccc3C(F)(F)F)n2)cc1. The average Bonchev–Trinajstić information content (AvgIpc) is 3.19. The molecule has 4 aromatic rings. The van der Waals surface area contributed by atoms with Crippen LogP contribution in [0.4, 0.5) is 19.0 Å². The van der Waals surface area contributed by atoms with E-state index in [1.165, 1.54) is 29.1 Å². The maximum atomic E-state index is 13.7. The van der Waals surface area contributed by atoms with E-state index in [0.717, 1.165) is 11.6 Å². The van der Waals surface area contributed by atoms with Gasteiger partial charge in [0.1, 0.15) is 11.6 Å². The minimum Gasteiger partial charge on any atom is -0.497 e. The van der Waals surface area contributed by atoms with Crippen LogP contribution in [0.15, 0.2) is 54.7 Å². The highest BCUT2D eigenvalue weighted by Crippen LogP contribution is 2.44. The van der Waals surface area contributed by atoms with Crippen molar-refractivity contribution < 1.29 is 22.7 Å². The van der Waals surface area contributed by atoms with E-state index in [-0.39, 0.29) is 23.8 Å². The van der Waals surface area contributed by atoms with E-state index in [1.807, 2.05) is 12.1 Å². The Kier molecular flexibility index (Phi) is 5.46. The third-order valence-corrected chi connectivity index (χ3v) is 5.87. The molecular formula is C24H19F3N6O2. The molecule has 8 nitrogen and oxygen atoms in total. The van der Waals surface area contributed by atoms with E-state index >= 15 is 0 Å². The third-order valence-electron chi connectivity index (χ3n) is 5.87. The first kappa shape index (κ1) is 22.5. The molecule has 0 unspecified atom stereocenters. The largest absolute Gasteiger partial charge is 0.497 e. The number of rotatable bonds is 4. The summed E-state index contributed by atoms with van der Waals surface area (Å²) in [5.41, 5.74) is 1.43. The molecule has 1 aliphatic rings. The van der Waals surface area contributed by atoms with Crippen molar-refractivity contribution in [1.29, 1.82) is 0 Å². The Morgan fingerprint density at radius 2 is 1.86 bits per heavy atom. The van der Waals surface area contributed by atoms with Crippen LogP contribution in [0.3, 0.4) is 0 Å². The molecule has 0 saturated heterocycles. The number of aromatic nitrogens is 5. The van der Waals surface area contributed by atoms with Gasteiger partial charge in [-0.3, -0.25) is 4.79 Å². The topological polar surface area (TPSA) is 94.8 Å². The molecule has 178 valence electrons. The Labute approximate surface area is 197 Å². The highest BCUT2D eigenvalue weighted by Gasteiger charge is 2.39. The van der Waals surface area contributed by atoms with E-state index in [2.05, 4.69) is 25.6 Å². The zero-order valence-electron chi connectivity index (χ0n) is 18.7. The molecule has 5 rings (SSSR count). The van der Waals surface area contributed by atoms with Crippen LogP contribution in [0.1, 0.15) is 34.7 Å². The van der Waals surface area contributed by atoms with Gasteiger partial charge in [-0.2, -0.15) is 28.1 Å². The number of ether oxygens (including phenoxy) is 1. The number of methoxy groups -OCH3 is 1. The fourth-order valence-electron chi connectivity index (χ4n) is 4.30. The average molecular weight is 480 g/mol. The van der Waals surface area contributed by atoms with Gasteiger partial charge in [-0.25, -0.2) is 4.98 Å². The molecule has 0 aliphatic carbocycles. The van der Waals surface area contributed by atoms with E-state index < -0.39 is 23.6 Å². The molecule has 0 saturated carbocycles. The van der Waals surface area contributed by atoms with Crippen LogP contribution in [-0.2, 0) is 11.0 Å². The lowest BCUT2D eigenvalue weighted by Gasteiger charge is -2.26. The van der Waals surface area contributed by atoms with Gasteiger partial charge in [0.25, 0.3) is 5.95 Å². The second-order valence-corrected chi connectivity index (χ2v) is 8.02. The lowest BCUT2D eigenvalue weighted by Crippen LogP contribution is -2.26. The van der Waals surface area contributed by atoms with Crippen molar-refractivity contribution in [3.05, 3.63) is 77.1 Å². The summed E-state index contributed by atoms with van der Waals surface area (Å²) < 4.78 is 47.7. The first-order chi connectivity index (χ1) is 16.8. The fourth-order valence-corrected chi connectivity index (χ4v) is 4.30. The summed E-state index contributed by atoms with van der Waals surface area (Å²) in [6.45, 7) is 1.68. The summed E-state index contributed by atoms with van der Waals surface area (Å²) in [6, 6.07) is 12.4. The Hall–Kier alpha value is -4.28. The molecule has 0 fully saturated rings. The summed E-state index contributed by atoms with van der Waals surface area (Å²) in [5, 5.41) is 15.3. The Bertz CT molecular complexity index is 1420. The molecule has 11 heteroatoms. The van der Waals surface area contributed by atoms with Crippen LogP contribution in [0.5, 0.6) is 5.75 Å². The Morgan fingerprint density at radius 3 is 2.57 bits per heavy atom. The number of amides is 1. The lowest BCUT2D eigenvalue weighted by molar-refractivity contribution is -0.138. The quantitative estimate of drug-likeness (QED) is 0.461. The van der Waals surface area contributed by atoms with Gasteiger partial charge in [-0.1, -0.05) is 18.2 Å². The molecule has 0 bridgehead atoms. The number of carbonyl (C=O) groups is 1. The second kappa shape index (κ2) is 8.49. The van der Waals surface area contributed by atoms with Crippen molar-refractivity contribution >= 4 is 11.7 Å². The number of carbonyl (C=O) groups excluding carboxylic acids is 1. The molecule has 1 N–H and O–H groups in total. The monoisotopic (exact) mass is 480 g/mol. The molecule has 1 amide bonds. The summed E-state index contributed by atoms with van der Waals surface area (Å²) in [7, 11) is 1.57. The predicted molar refractivity (Wildman–Crippen MR) is 120 cm³/mol. The maximum absolute atomic E-state index is 13.7. The lowest BCUT2D eigenvalue weighted by atomic mass is 9.83. The summed E-state index contributed by atoms with van der Waals surface area (Å²) in [6.07, 6.45) is -3.22. The van der Waals surface area contributed by atoms with E-state index in [4.69, 9.17) is 4.74 Å². The predicted octanol–water partition coefficient (Wildman–Crippen LogP) is 4.53. The molecule has 2 aromatic carbocycles. The molecule has 1 aliphatic heterocycles. The number of aryl methyl sites for hydroxylation is 1. The number of nitrogens with zero attached hydrogens (tertiary/aromatic N) is 5. The van der Waals surface area contributed by atoms with Gasteiger partial charge >= 0.3 is 6.18 Å². The molecule has 0 spiro atoms. The van der Waals surface area contributed by atoms with Crippen molar-refractivity contribution in [2.45, 2.75) is 25.4 Å².